The number of carbonyl (C=O) groups is 1. The van der Waals surface area contributed by atoms with Crippen LogP contribution in [-0.4, -0.2) is 68.6 Å². The number of piperidine rings is 1. The van der Waals surface area contributed by atoms with Gasteiger partial charge in [-0.05, 0) is 93.3 Å². The highest BCUT2D eigenvalue weighted by molar-refractivity contribution is 8.01. The highest BCUT2D eigenvalue weighted by atomic mass is 32.2. The molecular formula is C29H39FN4O4S. The average molecular weight is 559 g/mol. The van der Waals surface area contributed by atoms with E-state index in [-0.39, 0.29) is 23.9 Å². The summed E-state index contributed by atoms with van der Waals surface area (Å²) in [5.74, 6) is 0.248. The summed E-state index contributed by atoms with van der Waals surface area (Å²) in [4.78, 5) is 18.1. The minimum atomic E-state index is -0.922. The molecule has 2 aromatic rings. The molecule has 1 spiro atoms. The number of benzene rings is 2. The first-order valence-electron chi connectivity index (χ1n) is 13.8. The predicted octanol–water partition coefficient (Wildman–Crippen LogP) is 5.29. The number of anilines is 4. The number of aliphatic hydroxyl groups is 1. The van der Waals surface area contributed by atoms with Crippen LogP contribution in [0.4, 0.5) is 27.1 Å². The molecule has 0 bridgehead atoms. The fraction of sp³-hybridized carbons (Fsp3) is 0.552. The van der Waals surface area contributed by atoms with Crippen LogP contribution in [-0.2, 0) is 4.74 Å². The molecule has 39 heavy (non-hydrogen) atoms. The molecule has 5 rings (SSSR count). The Bertz CT molecular complexity index is 1150. The van der Waals surface area contributed by atoms with Crippen molar-refractivity contribution in [2.45, 2.75) is 50.9 Å². The molecule has 212 valence electrons. The minimum Gasteiger partial charge on any atom is -0.461 e. The molecule has 3 N–H and O–H groups in total. The number of rotatable bonds is 10. The van der Waals surface area contributed by atoms with E-state index in [4.69, 9.17) is 9.47 Å². The monoisotopic (exact) mass is 558 g/mol. The standard InChI is InChI=1S/C29H39FN4O4S/c1-20-17-34(13-14-37-20)26-15-22(4-6-27(26)38-19-30)31-28(36)24-5-3-23(32-39-21(2)18-35)16-25(24)33-11-9-29(7-8-29)10-12-33/h3-6,15-16,20-21,32,35H,7-14,17-19H2,1-2H3,(H,31,36)/t20-,21+/m1/s1. The number of carbonyl (C=O) groups excluding carboxylic acids is 1. The zero-order valence-electron chi connectivity index (χ0n) is 22.7. The highest BCUT2D eigenvalue weighted by Crippen LogP contribution is 2.54. The molecule has 1 amide bonds. The Kier molecular flexibility index (Phi) is 8.73. The van der Waals surface area contributed by atoms with Crippen LogP contribution < -0.4 is 24.6 Å². The number of morpholine rings is 1. The molecule has 0 radical (unpaired) electrons. The number of aliphatic hydroxyl groups excluding tert-OH is 1. The van der Waals surface area contributed by atoms with Crippen LogP contribution in [0.1, 0.15) is 49.9 Å². The van der Waals surface area contributed by atoms with Gasteiger partial charge in [0.1, 0.15) is 5.75 Å². The Morgan fingerprint density at radius 2 is 1.87 bits per heavy atom. The fourth-order valence-corrected chi connectivity index (χ4v) is 5.95. The zero-order chi connectivity index (χ0) is 27.4. The molecule has 1 aliphatic carbocycles. The van der Waals surface area contributed by atoms with Gasteiger partial charge in [-0.25, -0.2) is 4.39 Å². The SMILES string of the molecule is C[C@@H]1CN(c2cc(NC(=O)c3ccc(NS[C@@H](C)CO)cc3N3CCC4(CC3)CC4)ccc2OCF)CCO1. The number of nitrogens with zero attached hydrogens (tertiary/aromatic N) is 2. The Balaban J connectivity index is 1.38. The van der Waals surface area contributed by atoms with Crippen LogP contribution in [0.5, 0.6) is 5.75 Å². The normalized spacial score (nSPS) is 21.0. The van der Waals surface area contributed by atoms with Gasteiger partial charge in [0.25, 0.3) is 5.91 Å². The molecule has 2 heterocycles. The summed E-state index contributed by atoms with van der Waals surface area (Å²) in [6.45, 7) is 6.86. The third-order valence-corrected chi connectivity index (χ3v) is 8.91. The molecule has 2 atom stereocenters. The number of alkyl halides is 1. The summed E-state index contributed by atoms with van der Waals surface area (Å²) in [7, 11) is 0. The van der Waals surface area contributed by atoms with Gasteiger partial charge in [0.15, 0.2) is 0 Å². The van der Waals surface area contributed by atoms with Crippen LogP contribution in [0.25, 0.3) is 0 Å². The Morgan fingerprint density at radius 1 is 1.13 bits per heavy atom. The van der Waals surface area contributed by atoms with E-state index in [1.165, 1.54) is 24.8 Å². The number of halogens is 1. The van der Waals surface area contributed by atoms with E-state index in [9.17, 15) is 14.3 Å². The van der Waals surface area contributed by atoms with Gasteiger partial charge in [0.2, 0.25) is 6.86 Å². The summed E-state index contributed by atoms with van der Waals surface area (Å²) < 4.78 is 27.3. The van der Waals surface area contributed by atoms with Crippen molar-refractivity contribution >= 4 is 40.6 Å². The number of amides is 1. The quantitative estimate of drug-likeness (QED) is 0.339. The maximum absolute atomic E-state index is 13.7. The summed E-state index contributed by atoms with van der Waals surface area (Å²) in [5, 5.41) is 12.5. The van der Waals surface area contributed by atoms with Gasteiger partial charge < -0.3 is 34.4 Å². The van der Waals surface area contributed by atoms with Crippen molar-refractivity contribution < 1.29 is 23.8 Å². The molecule has 8 nitrogen and oxygen atoms in total. The van der Waals surface area contributed by atoms with E-state index in [1.54, 1.807) is 12.1 Å². The molecule has 1 saturated carbocycles. The predicted molar refractivity (Wildman–Crippen MR) is 156 cm³/mol. The van der Waals surface area contributed by atoms with E-state index in [0.29, 0.717) is 42.1 Å². The zero-order valence-corrected chi connectivity index (χ0v) is 23.6. The second kappa shape index (κ2) is 12.2. The maximum Gasteiger partial charge on any atom is 0.257 e. The number of ether oxygens (including phenoxy) is 2. The summed E-state index contributed by atoms with van der Waals surface area (Å²) >= 11 is 1.46. The molecule has 2 aliphatic heterocycles. The number of hydrogen-bond acceptors (Lipinski definition) is 8. The summed E-state index contributed by atoms with van der Waals surface area (Å²) in [6, 6.07) is 11.1. The second-order valence-electron chi connectivity index (χ2n) is 10.9. The van der Waals surface area contributed by atoms with Crippen LogP contribution >= 0.6 is 11.9 Å². The van der Waals surface area contributed by atoms with E-state index >= 15 is 0 Å². The van der Waals surface area contributed by atoms with Crippen molar-refractivity contribution in [1.29, 1.82) is 0 Å². The Labute approximate surface area is 234 Å². The smallest absolute Gasteiger partial charge is 0.257 e. The maximum atomic E-state index is 13.7. The lowest BCUT2D eigenvalue weighted by Crippen LogP contribution is -2.41. The van der Waals surface area contributed by atoms with E-state index < -0.39 is 6.86 Å². The first kappa shape index (κ1) is 27.9. The van der Waals surface area contributed by atoms with Gasteiger partial charge in [0.05, 0.1) is 36.3 Å². The number of hydrogen-bond donors (Lipinski definition) is 3. The van der Waals surface area contributed by atoms with Crippen molar-refractivity contribution in [2.75, 3.05) is 66.1 Å². The lowest BCUT2D eigenvalue weighted by molar-refractivity contribution is 0.0529. The Hall–Kier alpha value is -2.69. The van der Waals surface area contributed by atoms with Crippen molar-refractivity contribution in [3.8, 4) is 5.75 Å². The first-order valence-corrected chi connectivity index (χ1v) is 14.7. The molecule has 2 saturated heterocycles. The molecule has 0 aromatic heterocycles. The van der Waals surface area contributed by atoms with Crippen LogP contribution in [0.2, 0.25) is 0 Å². The van der Waals surface area contributed by atoms with E-state index in [2.05, 4.69) is 19.8 Å². The lowest BCUT2D eigenvalue weighted by Gasteiger charge is -2.35. The molecule has 0 unspecified atom stereocenters. The van der Waals surface area contributed by atoms with Gasteiger partial charge >= 0.3 is 0 Å². The van der Waals surface area contributed by atoms with Gasteiger partial charge in [-0.3, -0.25) is 4.79 Å². The third-order valence-electron chi connectivity index (χ3n) is 8.01. The van der Waals surface area contributed by atoms with Crippen molar-refractivity contribution in [3.05, 3.63) is 42.0 Å². The first-order chi connectivity index (χ1) is 18.9. The second-order valence-corrected chi connectivity index (χ2v) is 12.2. The van der Waals surface area contributed by atoms with E-state index in [0.717, 1.165) is 43.0 Å². The largest absolute Gasteiger partial charge is 0.461 e. The van der Waals surface area contributed by atoms with Gasteiger partial charge in [-0.15, -0.1) is 0 Å². The summed E-state index contributed by atoms with van der Waals surface area (Å²) in [6.07, 6.45) is 4.98. The van der Waals surface area contributed by atoms with Gasteiger partial charge in [-0.2, -0.15) is 0 Å². The molecule has 3 fully saturated rings. The van der Waals surface area contributed by atoms with Crippen molar-refractivity contribution in [2.24, 2.45) is 5.41 Å². The van der Waals surface area contributed by atoms with Crippen molar-refractivity contribution in [1.82, 2.24) is 0 Å². The molecule has 10 heteroatoms. The molecule has 2 aromatic carbocycles. The van der Waals surface area contributed by atoms with Gasteiger partial charge in [-0.1, -0.05) is 0 Å². The van der Waals surface area contributed by atoms with Crippen LogP contribution in [0.15, 0.2) is 36.4 Å². The van der Waals surface area contributed by atoms with Crippen molar-refractivity contribution in [3.63, 3.8) is 0 Å². The lowest BCUT2D eigenvalue weighted by atomic mass is 9.93. The topological polar surface area (TPSA) is 86.3 Å². The third kappa shape index (κ3) is 6.73. The van der Waals surface area contributed by atoms with Crippen LogP contribution in [0, 0.1) is 5.41 Å². The Morgan fingerprint density at radius 3 is 2.56 bits per heavy atom. The van der Waals surface area contributed by atoms with E-state index in [1.807, 2.05) is 38.1 Å². The van der Waals surface area contributed by atoms with Gasteiger partial charge in [0, 0.05) is 42.8 Å². The fourth-order valence-electron chi connectivity index (χ4n) is 5.41. The average Bonchev–Trinajstić information content (AvgIpc) is 3.71. The highest BCUT2D eigenvalue weighted by Gasteiger charge is 2.44. The minimum absolute atomic E-state index is 0.0442. The summed E-state index contributed by atoms with van der Waals surface area (Å²) in [5.41, 5.74) is 4.30. The molecule has 3 aliphatic rings. The number of nitrogens with one attached hydrogen (secondary N) is 2. The van der Waals surface area contributed by atoms with Crippen LogP contribution in [0.3, 0.4) is 0 Å². The molecular weight excluding hydrogens is 519 g/mol.